The standard InChI is InChI=1S/C15H19BrFNO/c1-18(14-8-3-2-7-13(14)16)15(19)10-11-5-4-6-12(17)9-11/h4-6,9,13-14H,2-3,7-8,10H2,1H3. The van der Waals surface area contributed by atoms with E-state index in [-0.39, 0.29) is 24.2 Å². The van der Waals surface area contributed by atoms with Gasteiger partial charge in [0.2, 0.25) is 5.91 Å². The van der Waals surface area contributed by atoms with Crippen molar-refractivity contribution in [1.82, 2.24) is 4.90 Å². The molecule has 0 N–H and O–H groups in total. The lowest BCUT2D eigenvalue weighted by atomic mass is 9.94. The number of amides is 1. The summed E-state index contributed by atoms with van der Waals surface area (Å²) in [6.07, 6.45) is 4.82. The van der Waals surface area contributed by atoms with Crippen LogP contribution in [0.1, 0.15) is 31.2 Å². The van der Waals surface area contributed by atoms with Gasteiger partial charge in [-0.15, -0.1) is 0 Å². The number of hydrogen-bond donors (Lipinski definition) is 0. The van der Waals surface area contributed by atoms with Gasteiger partial charge < -0.3 is 4.90 Å². The highest BCUT2D eigenvalue weighted by Crippen LogP contribution is 2.28. The number of benzene rings is 1. The third-order valence-electron chi connectivity index (χ3n) is 3.78. The van der Waals surface area contributed by atoms with Crippen LogP contribution in [0.4, 0.5) is 4.39 Å². The molecule has 0 saturated heterocycles. The average Bonchev–Trinajstić information content (AvgIpc) is 2.38. The molecule has 2 nitrogen and oxygen atoms in total. The lowest BCUT2D eigenvalue weighted by molar-refractivity contribution is -0.131. The molecule has 2 rings (SSSR count). The van der Waals surface area contributed by atoms with Gasteiger partial charge in [-0.3, -0.25) is 4.79 Å². The van der Waals surface area contributed by atoms with Gasteiger partial charge in [0.15, 0.2) is 0 Å². The fourth-order valence-corrected chi connectivity index (χ4v) is 3.58. The summed E-state index contributed by atoms with van der Waals surface area (Å²) in [7, 11) is 1.85. The van der Waals surface area contributed by atoms with Crippen LogP contribution in [0.3, 0.4) is 0 Å². The molecule has 19 heavy (non-hydrogen) atoms. The van der Waals surface area contributed by atoms with E-state index >= 15 is 0 Å². The van der Waals surface area contributed by atoms with Crippen molar-refractivity contribution in [3.05, 3.63) is 35.6 Å². The molecule has 1 fully saturated rings. The van der Waals surface area contributed by atoms with Gasteiger partial charge in [0, 0.05) is 17.9 Å². The van der Waals surface area contributed by atoms with Crippen molar-refractivity contribution in [2.24, 2.45) is 0 Å². The second-order valence-electron chi connectivity index (χ2n) is 5.18. The predicted molar refractivity (Wildman–Crippen MR) is 77.8 cm³/mol. The summed E-state index contributed by atoms with van der Waals surface area (Å²) >= 11 is 3.67. The Balaban J connectivity index is 1.99. The maximum absolute atomic E-state index is 13.1. The quantitative estimate of drug-likeness (QED) is 0.778. The molecular weight excluding hydrogens is 309 g/mol. The van der Waals surface area contributed by atoms with Gasteiger partial charge in [-0.05, 0) is 30.5 Å². The van der Waals surface area contributed by atoms with E-state index in [0.29, 0.717) is 4.83 Å². The molecule has 0 aromatic heterocycles. The summed E-state index contributed by atoms with van der Waals surface area (Å²) in [6.45, 7) is 0. The Morgan fingerprint density at radius 2 is 2.16 bits per heavy atom. The largest absolute Gasteiger partial charge is 0.341 e. The third kappa shape index (κ3) is 3.78. The Morgan fingerprint density at radius 1 is 1.42 bits per heavy atom. The molecule has 1 aliphatic rings. The van der Waals surface area contributed by atoms with Crippen molar-refractivity contribution >= 4 is 21.8 Å². The van der Waals surface area contributed by atoms with Crippen LogP contribution in [0.25, 0.3) is 0 Å². The zero-order chi connectivity index (χ0) is 13.8. The lowest BCUT2D eigenvalue weighted by Gasteiger charge is -2.35. The summed E-state index contributed by atoms with van der Waals surface area (Å²) in [5.41, 5.74) is 0.735. The van der Waals surface area contributed by atoms with Crippen LogP contribution in [-0.2, 0) is 11.2 Å². The highest BCUT2D eigenvalue weighted by Gasteiger charge is 2.28. The predicted octanol–water partition coefficient (Wildman–Crippen LogP) is 3.53. The zero-order valence-electron chi connectivity index (χ0n) is 11.1. The first-order valence-corrected chi connectivity index (χ1v) is 7.63. The van der Waals surface area contributed by atoms with E-state index in [1.54, 1.807) is 12.1 Å². The molecule has 1 aromatic rings. The molecule has 0 heterocycles. The van der Waals surface area contributed by atoms with E-state index in [0.717, 1.165) is 18.4 Å². The minimum Gasteiger partial charge on any atom is -0.341 e. The first-order valence-electron chi connectivity index (χ1n) is 6.72. The fraction of sp³-hybridized carbons (Fsp3) is 0.533. The van der Waals surface area contributed by atoms with E-state index in [1.165, 1.54) is 25.0 Å². The molecule has 2 atom stereocenters. The second kappa shape index (κ2) is 6.51. The summed E-state index contributed by atoms with van der Waals surface area (Å²) < 4.78 is 13.1. The molecule has 104 valence electrons. The van der Waals surface area contributed by atoms with Crippen molar-refractivity contribution in [2.75, 3.05) is 7.05 Å². The molecule has 0 spiro atoms. The van der Waals surface area contributed by atoms with Gasteiger partial charge in [-0.2, -0.15) is 0 Å². The molecular formula is C15H19BrFNO. The SMILES string of the molecule is CN(C(=O)Cc1cccc(F)c1)C1CCCCC1Br. The molecule has 0 radical (unpaired) electrons. The number of carbonyl (C=O) groups is 1. The van der Waals surface area contributed by atoms with Gasteiger partial charge >= 0.3 is 0 Å². The number of halogens is 2. The van der Waals surface area contributed by atoms with Crippen LogP contribution in [0.5, 0.6) is 0 Å². The lowest BCUT2D eigenvalue weighted by Crippen LogP contribution is -2.44. The normalized spacial score (nSPS) is 23.1. The second-order valence-corrected chi connectivity index (χ2v) is 6.36. The minimum absolute atomic E-state index is 0.0574. The van der Waals surface area contributed by atoms with Gasteiger partial charge in [-0.25, -0.2) is 4.39 Å². The summed E-state index contributed by atoms with van der Waals surface area (Å²) in [5.74, 6) is -0.231. The van der Waals surface area contributed by atoms with E-state index < -0.39 is 0 Å². The van der Waals surface area contributed by atoms with Crippen molar-refractivity contribution in [2.45, 2.75) is 43.0 Å². The number of carbonyl (C=O) groups excluding carboxylic acids is 1. The van der Waals surface area contributed by atoms with Gasteiger partial charge in [0.05, 0.1) is 6.42 Å². The van der Waals surface area contributed by atoms with Crippen molar-refractivity contribution in [3.63, 3.8) is 0 Å². The highest BCUT2D eigenvalue weighted by molar-refractivity contribution is 9.09. The minimum atomic E-state index is -0.288. The zero-order valence-corrected chi connectivity index (χ0v) is 12.7. The number of rotatable bonds is 3. The van der Waals surface area contributed by atoms with Crippen LogP contribution in [0, 0.1) is 5.82 Å². The van der Waals surface area contributed by atoms with Crippen LogP contribution < -0.4 is 0 Å². The van der Waals surface area contributed by atoms with Gasteiger partial charge in [0.25, 0.3) is 0 Å². The smallest absolute Gasteiger partial charge is 0.227 e. The van der Waals surface area contributed by atoms with E-state index in [9.17, 15) is 9.18 Å². The fourth-order valence-electron chi connectivity index (χ4n) is 2.63. The maximum Gasteiger partial charge on any atom is 0.227 e. The number of nitrogens with zero attached hydrogens (tertiary/aromatic N) is 1. The first kappa shape index (κ1) is 14.5. The van der Waals surface area contributed by atoms with Crippen LogP contribution in [0.15, 0.2) is 24.3 Å². The molecule has 0 bridgehead atoms. The molecule has 1 amide bonds. The van der Waals surface area contributed by atoms with Gasteiger partial charge in [0.1, 0.15) is 5.82 Å². The molecule has 4 heteroatoms. The monoisotopic (exact) mass is 327 g/mol. The Bertz CT molecular complexity index is 452. The Labute approximate surface area is 122 Å². The first-order chi connectivity index (χ1) is 9.08. The number of alkyl halides is 1. The Morgan fingerprint density at radius 3 is 2.84 bits per heavy atom. The van der Waals surface area contributed by atoms with Crippen molar-refractivity contribution < 1.29 is 9.18 Å². The van der Waals surface area contributed by atoms with E-state index in [1.807, 2.05) is 11.9 Å². The van der Waals surface area contributed by atoms with Crippen LogP contribution in [0.2, 0.25) is 0 Å². The number of hydrogen-bond acceptors (Lipinski definition) is 1. The highest BCUT2D eigenvalue weighted by atomic mass is 79.9. The molecule has 0 aliphatic heterocycles. The maximum atomic E-state index is 13.1. The molecule has 1 aromatic carbocycles. The van der Waals surface area contributed by atoms with Crippen LogP contribution in [-0.4, -0.2) is 28.7 Å². The summed E-state index contributed by atoms with van der Waals surface area (Å²) in [4.78, 5) is 14.5. The van der Waals surface area contributed by atoms with Gasteiger partial charge in [-0.1, -0.05) is 40.9 Å². The number of likely N-dealkylation sites (N-methyl/N-ethyl adjacent to an activating group) is 1. The van der Waals surface area contributed by atoms with Crippen LogP contribution >= 0.6 is 15.9 Å². The molecule has 1 aliphatic carbocycles. The third-order valence-corrected chi connectivity index (χ3v) is 4.85. The molecule has 2 unspecified atom stereocenters. The Kier molecular flexibility index (Phi) is 4.97. The summed E-state index contributed by atoms with van der Waals surface area (Å²) in [6, 6.07) is 6.52. The van der Waals surface area contributed by atoms with E-state index in [4.69, 9.17) is 0 Å². The van der Waals surface area contributed by atoms with Crippen molar-refractivity contribution in [1.29, 1.82) is 0 Å². The average molecular weight is 328 g/mol. The topological polar surface area (TPSA) is 20.3 Å². The summed E-state index contributed by atoms with van der Waals surface area (Å²) in [5, 5.41) is 0. The van der Waals surface area contributed by atoms with E-state index in [2.05, 4.69) is 15.9 Å². The molecule has 1 saturated carbocycles. The van der Waals surface area contributed by atoms with Crippen molar-refractivity contribution in [3.8, 4) is 0 Å². The Hall–Kier alpha value is -0.900.